The first-order chi connectivity index (χ1) is 14.5. The second-order valence-electron chi connectivity index (χ2n) is 6.69. The first kappa shape index (κ1) is 21.2. The van der Waals surface area contributed by atoms with Gasteiger partial charge in [0.25, 0.3) is 5.95 Å². The van der Waals surface area contributed by atoms with E-state index in [1.807, 2.05) is 12.1 Å². The Hall–Kier alpha value is -3.50. The van der Waals surface area contributed by atoms with Crippen LogP contribution >= 0.6 is 0 Å². The number of aromatic nitrogens is 4. The normalized spacial score (nSPS) is 11.9. The molecule has 1 unspecified atom stereocenters. The highest BCUT2D eigenvalue weighted by Gasteiger charge is 2.15. The molecule has 10 nitrogen and oxygen atoms in total. The lowest BCUT2D eigenvalue weighted by atomic mass is 10.1. The van der Waals surface area contributed by atoms with Gasteiger partial charge in [-0.3, -0.25) is 5.43 Å². The number of nitrogen functional groups attached to an aromatic ring is 1. The van der Waals surface area contributed by atoms with Crippen LogP contribution in [0.4, 0.5) is 5.95 Å². The second kappa shape index (κ2) is 8.89. The highest BCUT2D eigenvalue weighted by atomic mass is 16.5. The number of nitrogens with one attached hydrogen (secondary N) is 1. The van der Waals surface area contributed by atoms with Crippen molar-refractivity contribution in [2.24, 2.45) is 16.8 Å². The molecular formula is C20H28N8O2. The summed E-state index contributed by atoms with van der Waals surface area (Å²) in [6.07, 6.45) is -0.679. The zero-order chi connectivity index (χ0) is 21.8. The summed E-state index contributed by atoms with van der Waals surface area (Å²) >= 11 is 0. The topological polar surface area (TPSA) is 145 Å². The number of para-hydroxylation sites is 3. The van der Waals surface area contributed by atoms with E-state index in [2.05, 4.69) is 50.6 Å². The molecule has 0 fully saturated rings. The number of hydrogen-bond donors (Lipinski definition) is 5. The third-order valence-electron chi connectivity index (χ3n) is 4.96. The lowest BCUT2D eigenvalue weighted by Gasteiger charge is -2.06. The van der Waals surface area contributed by atoms with Crippen LogP contribution in [0.5, 0.6) is 0 Å². The molecule has 2 aromatic carbocycles. The Bertz CT molecular complexity index is 1170. The number of fused-ring (bicyclic) bond motifs is 2. The van der Waals surface area contributed by atoms with Gasteiger partial charge in [-0.05, 0) is 39.0 Å². The fourth-order valence-corrected chi connectivity index (χ4v) is 3.61. The molecule has 160 valence electrons. The minimum atomic E-state index is -0.679. The van der Waals surface area contributed by atoms with Crippen molar-refractivity contribution in [2.45, 2.75) is 40.0 Å². The summed E-state index contributed by atoms with van der Waals surface area (Å²) in [4.78, 5) is 4.04. The molecule has 30 heavy (non-hydrogen) atoms. The number of aliphatic hydroxyl groups excluding tert-OH is 1. The van der Waals surface area contributed by atoms with Crippen LogP contribution < -0.4 is 22.7 Å². The fraction of sp³-hybridized carbons (Fsp3) is 0.300. The Labute approximate surface area is 173 Å². The van der Waals surface area contributed by atoms with Gasteiger partial charge in [0.2, 0.25) is 5.62 Å². The summed E-state index contributed by atoms with van der Waals surface area (Å²) < 4.78 is 5.08. The molecule has 4 aromatic rings. The summed E-state index contributed by atoms with van der Waals surface area (Å²) in [6, 6.07) is 13.5. The van der Waals surface area contributed by atoms with Gasteiger partial charge in [-0.2, -0.15) is 0 Å². The maximum atomic E-state index is 9.72. The van der Waals surface area contributed by atoms with Gasteiger partial charge in [-0.25, -0.2) is 10.8 Å². The lowest BCUT2D eigenvalue weighted by Crippen LogP contribution is -2.26. The average Bonchev–Trinajstić information content (AvgIpc) is 3.27. The van der Waals surface area contributed by atoms with Crippen LogP contribution in [-0.4, -0.2) is 29.2 Å². The maximum absolute atomic E-state index is 9.72. The number of anilines is 1. The van der Waals surface area contributed by atoms with E-state index in [4.69, 9.17) is 11.7 Å². The van der Waals surface area contributed by atoms with Crippen molar-refractivity contribution < 1.29 is 10.3 Å². The molecular weight excluding hydrogens is 384 g/mol. The zero-order valence-corrected chi connectivity index (χ0v) is 17.3. The average molecular weight is 412 g/mol. The molecule has 1 atom stereocenters. The van der Waals surface area contributed by atoms with Crippen LogP contribution in [0, 0.1) is 0 Å². The smallest absolute Gasteiger partial charge is 0.251 e. The standard InChI is InChI=1S/C11H16N4.C9H12N4O2/c1-3-14-9-7-5-6-8-10(9)15(4-2)11(14)13-12;1-5(14)6-3-2-4-7-8(6)13(15)9(11-7)12-10/h5-8H,3-4,12H2,1-2H3;2-5,14-15H,10H2,1H3,(H,11,12). The zero-order valence-electron chi connectivity index (χ0n) is 17.3. The van der Waals surface area contributed by atoms with Crippen LogP contribution in [0.25, 0.3) is 22.1 Å². The number of hydrazine groups is 1. The van der Waals surface area contributed by atoms with E-state index in [9.17, 15) is 10.3 Å². The number of aliphatic hydroxyl groups is 1. The van der Waals surface area contributed by atoms with Gasteiger partial charge in [-0.1, -0.05) is 24.3 Å². The maximum Gasteiger partial charge on any atom is 0.251 e. The molecule has 2 heterocycles. The van der Waals surface area contributed by atoms with Crippen molar-refractivity contribution in [1.29, 1.82) is 0 Å². The van der Waals surface area contributed by atoms with Crippen molar-refractivity contribution in [3.63, 3.8) is 0 Å². The predicted octanol–water partition coefficient (Wildman–Crippen LogP) is 1.87. The Morgan fingerprint density at radius 3 is 2.13 bits per heavy atom. The van der Waals surface area contributed by atoms with Gasteiger partial charge < -0.3 is 25.3 Å². The number of nitrogens with two attached hydrogens (primary N) is 2. The number of nitrogens with zero attached hydrogens (tertiary/aromatic N) is 5. The fourth-order valence-electron chi connectivity index (χ4n) is 3.61. The minimum absolute atomic E-state index is 0.137. The van der Waals surface area contributed by atoms with Crippen molar-refractivity contribution in [2.75, 3.05) is 5.43 Å². The highest BCUT2D eigenvalue weighted by molar-refractivity contribution is 5.82. The molecule has 4 rings (SSSR count). The van der Waals surface area contributed by atoms with Gasteiger partial charge in [0.15, 0.2) is 0 Å². The molecule has 0 saturated heterocycles. The van der Waals surface area contributed by atoms with Crippen LogP contribution in [0.15, 0.2) is 47.6 Å². The van der Waals surface area contributed by atoms with Gasteiger partial charge >= 0.3 is 0 Å². The SMILES string of the molecule is CC(O)c1cccc2nc(NN)n(O)c12.CCn1c(=NN)n(CC)c2ccccc21. The number of aryl methyl sites for hydroxylation is 2. The molecule has 0 aliphatic heterocycles. The summed E-state index contributed by atoms with van der Waals surface area (Å²) in [5.41, 5.74) is 7.11. The van der Waals surface area contributed by atoms with Gasteiger partial charge in [0.05, 0.1) is 22.7 Å². The lowest BCUT2D eigenvalue weighted by molar-refractivity contribution is 0.187. The molecule has 7 N–H and O–H groups in total. The highest BCUT2D eigenvalue weighted by Crippen LogP contribution is 2.25. The quantitative estimate of drug-likeness (QED) is 0.197. The third-order valence-corrected chi connectivity index (χ3v) is 4.96. The van der Waals surface area contributed by atoms with Gasteiger partial charge in [0.1, 0.15) is 5.52 Å². The van der Waals surface area contributed by atoms with Gasteiger partial charge in [-0.15, -0.1) is 9.83 Å². The molecule has 0 aliphatic carbocycles. The summed E-state index contributed by atoms with van der Waals surface area (Å²) in [5.74, 6) is 10.8. The molecule has 10 heteroatoms. The van der Waals surface area contributed by atoms with E-state index < -0.39 is 6.10 Å². The van der Waals surface area contributed by atoms with Crippen LogP contribution in [0.1, 0.15) is 32.4 Å². The Morgan fingerprint density at radius 1 is 1.07 bits per heavy atom. The van der Waals surface area contributed by atoms with Crippen molar-refractivity contribution >= 4 is 28.0 Å². The molecule has 2 aromatic heterocycles. The van der Waals surface area contributed by atoms with E-state index in [-0.39, 0.29) is 5.95 Å². The number of imidazole rings is 2. The van der Waals surface area contributed by atoms with E-state index >= 15 is 0 Å². The molecule has 0 aliphatic rings. The Balaban J connectivity index is 0.000000171. The molecule has 0 spiro atoms. The number of hydrogen-bond acceptors (Lipinski definition) is 7. The summed E-state index contributed by atoms with van der Waals surface area (Å²) in [7, 11) is 0. The van der Waals surface area contributed by atoms with Crippen molar-refractivity contribution in [1.82, 2.24) is 18.8 Å². The van der Waals surface area contributed by atoms with Crippen LogP contribution in [0.2, 0.25) is 0 Å². The Kier molecular flexibility index (Phi) is 6.28. The monoisotopic (exact) mass is 412 g/mol. The molecule has 0 amide bonds. The van der Waals surface area contributed by atoms with E-state index in [1.54, 1.807) is 25.1 Å². The Morgan fingerprint density at radius 2 is 1.67 bits per heavy atom. The molecule has 0 bridgehead atoms. The van der Waals surface area contributed by atoms with Crippen molar-refractivity contribution in [3.8, 4) is 0 Å². The van der Waals surface area contributed by atoms with Crippen LogP contribution in [-0.2, 0) is 13.1 Å². The van der Waals surface area contributed by atoms with E-state index in [0.29, 0.717) is 16.6 Å². The second-order valence-corrected chi connectivity index (χ2v) is 6.69. The summed E-state index contributed by atoms with van der Waals surface area (Å²) in [5, 5.41) is 23.1. The summed E-state index contributed by atoms with van der Waals surface area (Å²) in [6.45, 7) is 7.58. The first-order valence-corrected chi connectivity index (χ1v) is 9.75. The van der Waals surface area contributed by atoms with E-state index in [0.717, 1.165) is 23.4 Å². The van der Waals surface area contributed by atoms with Crippen molar-refractivity contribution in [3.05, 3.63) is 53.6 Å². The first-order valence-electron chi connectivity index (χ1n) is 9.75. The molecule has 0 saturated carbocycles. The molecule has 0 radical (unpaired) electrons. The minimum Gasteiger partial charge on any atom is -0.425 e. The largest absolute Gasteiger partial charge is 0.425 e. The predicted molar refractivity (Wildman–Crippen MR) is 116 cm³/mol. The number of benzene rings is 2. The van der Waals surface area contributed by atoms with E-state index in [1.165, 1.54) is 11.0 Å². The van der Waals surface area contributed by atoms with Crippen LogP contribution in [0.3, 0.4) is 0 Å². The number of rotatable bonds is 4. The third kappa shape index (κ3) is 3.58. The van der Waals surface area contributed by atoms with Gasteiger partial charge in [0, 0.05) is 18.7 Å².